The SMILES string of the molecule is Cc1ccncc1C(Cc1cc(Br)cc2c1OCC2)NN. The highest BCUT2D eigenvalue weighted by Gasteiger charge is 2.21. The Kier molecular flexibility index (Phi) is 4.24. The molecule has 3 N–H and O–H groups in total. The molecule has 1 atom stereocenters. The molecule has 0 bridgehead atoms. The molecule has 1 aliphatic rings. The normalized spacial score (nSPS) is 14.6. The van der Waals surface area contributed by atoms with E-state index in [4.69, 9.17) is 10.6 Å². The minimum absolute atomic E-state index is 0.0151. The Morgan fingerprint density at radius 1 is 1.48 bits per heavy atom. The molecule has 1 aromatic carbocycles. The third-order valence-corrected chi connectivity index (χ3v) is 4.36. The number of hydrazine groups is 1. The van der Waals surface area contributed by atoms with Crippen LogP contribution in [0.5, 0.6) is 5.75 Å². The first-order valence-corrected chi connectivity index (χ1v) is 7.79. The lowest BCUT2D eigenvalue weighted by Crippen LogP contribution is -2.30. The van der Waals surface area contributed by atoms with Crippen LogP contribution in [0.2, 0.25) is 0 Å². The average Bonchev–Trinajstić information content (AvgIpc) is 2.93. The molecule has 2 aromatic rings. The maximum Gasteiger partial charge on any atom is 0.125 e. The lowest BCUT2D eigenvalue weighted by molar-refractivity contribution is 0.351. The number of benzene rings is 1. The van der Waals surface area contributed by atoms with Crippen LogP contribution in [0.3, 0.4) is 0 Å². The molecule has 2 heterocycles. The Morgan fingerprint density at radius 3 is 3.10 bits per heavy atom. The van der Waals surface area contributed by atoms with Gasteiger partial charge >= 0.3 is 0 Å². The van der Waals surface area contributed by atoms with Crippen LogP contribution in [-0.2, 0) is 12.8 Å². The smallest absolute Gasteiger partial charge is 0.125 e. The maximum atomic E-state index is 5.79. The van der Waals surface area contributed by atoms with Crippen LogP contribution in [0.4, 0.5) is 0 Å². The molecule has 0 saturated carbocycles. The molecule has 1 unspecified atom stereocenters. The van der Waals surface area contributed by atoms with Crippen LogP contribution in [0.1, 0.15) is 28.3 Å². The summed E-state index contributed by atoms with van der Waals surface area (Å²) in [5.41, 5.74) is 7.64. The fraction of sp³-hybridized carbons (Fsp3) is 0.312. The number of pyridine rings is 1. The molecule has 1 aliphatic heterocycles. The van der Waals surface area contributed by atoms with Crippen LogP contribution in [-0.4, -0.2) is 11.6 Å². The van der Waals surface area contributed by atoms with Gasteiger partial charge in [-0.2, -0.15) is 0 Å². The van der Waals surface area contributed by atoms with E-state index in [1.54, 1.807) is 6.20 Å². The third-order valence-electron chi connectivity index (χ3n) is 3.91. The molecular formula is C16H18BrN3O. The number of hydrogen-bond acceptors (Lipinski definition) is 4. The molecular weight excluding hydrogens is 330 g/mol. The second kappa shape index (κ2) is 6.13. The number of fused-ring (bicyclic) bond motifs is 1. The van der Waals surface area contributed by atoms with Gasteiger partial charge in [0, 0.05) is 23.3 Å². The zero-order chi connectivity index (χ0) is 14.8. The average molecular weight is 348 g/mol. The molecule has 0 radical (unpaired) electrons. The molecule has 0 amide bonds. The number of nitrogens with two attached hydrogens (primary N) is 1. The molecule has 0 fully saturated rings. The number of ether oxygens (including phenoxy) is 1. The Balaban J connectivity index is 1.94. The molecule has 21 heavy (non-hydrogen) atoms. The zero-order valence-corrected chi connectivity index (χ0v) is 13.5. The van der Waals surface area contributed by atoms with E-state index in [2.05, 4.69) is 45.4 Å². The predicted molar refractivity (Wildman–Crippen MR) is 86.1 cm³/mol. The van der Waals surface area contributed by atoms with Gasteiger partial charge in [0.2, 0.25) is 0 Å². The van der Waals surface area contributed by atoms with Crippen molar-refractivity contribution in [3.05, 3.63) is 57.3 Å². The number of rotatable bonds is 4. The lowest BCUT2D eigenvalue weighted by atomic mass is 9.96. The second-order valence-corrected chi connectivity index (χ2v) is 6.22. The summed E-state index contributed by atoms with van der Waals surface area (Å²) in [5.74, 6) is 6.79. The topological polar surface area (TPSA) is 60.2 Å². The van der Waals surface area contributed by atoms with Crippen LogP contribution >= 0.6 is 15.9 Å². The summed E-state index contributed by atoms with van der Waals surface area (Å²) >= 11 is 3.58. The largest absolute Gasteiger partial charge is 0.493 e. The molecule has 110 valence electrons. The number of aryl methyl sites for hydroxylation is 1. The monoisotopic (exact) mass is 347 g/mol. The molecule has 0 spiro atoms. The summed E-state index contributed by atoms with van der Waals surface area (Å²) in [4.78, 5) is 4.21. The summed E-state index contributed by atoms with van der Waals surface area (Å²) < 4.78 is 6.87. The molecule has 0 aliphatic carbocycles. The van der Waals surface area contributed by atoms with Crippen molar-refractivity contribution in [2.24, 2.45) is 5.84 Å². The fourth-order valence-corrected chi connectivity index (χ4v) is 3.37. The van der Waals surface area contributed by atoms with Crippen molar-refractivity contribution in [1.82, 2.24) is 10.4 Å². The van der Waals surface area contributed by atoms with Crippen LogP contribution < -0.4 is 16.0 Å². The van der Waals surface area contributed by atoms with E-state index in [1.165, 1.54) is 16.7 Å². The van der Waals surface area contributed by atoms with Gasteiger partial charge in [-0.25, -0.2) is 0 Å². The van der Waals surface area contributed by atoms with Gasteiger partial charge in [-0.15, -0.1) is 0 Å². The van der Waals surface area contributed by atoms with Crippen LogP contribution in [0.25, 0.3) is 0 Å². The van der Waals surface area contributed by atoms with Crippen molar-refractivity contribution in [2.75, 3.05) is 6.61 Å². The van der Waals surface area contributed by atoms with E-state index in [0.29, 0.717) is 0 Å². The number of nitrogens with zero attached hydrogens (tertiary/aromatic N) is 1. The Morgan fingerprint density at radius 2 is 2.33 bits per heavy atom. The van der Waals surface area contributed by atoms with E-state index in [-0.39, 0.29) is 6.04 Å². The first kappa shape index (κ1) is 14.5. The molecule has 4 nitrogen and oxygen atoms in total. The predicted octanol–water partition coefficient (Wildman–Crippen LogP) is 2.83. The first-order chi connectivity index (χ1) is 10.2. The summed E-state index contributed by atoms with van der Waals surface area (Å²) in [6.45, 7) is 2.83. The van der Waals surface area contributed by atoms with Crippen LogP contribution in [0.15, 0.2) is 35.1 Å². The lowest BCUT2D eigenvalue weighted by Gasteiger charge is -2.19. The van der Waals surface area contributed by atoms with Gasteiger partial charge in [0.05, 0.1) is 12.6 Å². The number of nitrogens with one attached hydrogen (secondary N) is 1. The Labute approximate surface area is 132 Å². The van der Waals surface area contributed by atoms with Gasteiger partial charge in [0.15, 0.2) is 0 Å². The quantitative estimate of drug-likeness (QED) is 0.659. The highest BCUT2D eigenvalue weighted by atomic mass is 79.9. The van der Waals surface area contributed by atoms with E-state index < -0.39 is 0 Å². The van der Waals surface area contributed by atoms with Gasteiger partial charge < -0.3 is 4.74 Å². The number of aromatic nitrogens is 1. The highest BCUT2D eigenvalue weighted by molar-refractivity contribution is 9.10. The Bertz CT molecular complexity index is 660. The minimum atomic E-state index is 0.0151. The van der Waals surface area contributed by atoms with Crippen molar-refractivity contribution in [1.29, 1.82) is 0 Å². The van der Waals surface area contributed by atoms with Crippen molar-refractivity contribution >= 4 is 15.9 Å². The van der Waals surface area contributed by atoms with Gasteiger partial charge in [0.1, 0.15) is 5.75 Å². The summed E-state index contributed by atoms with van der Waals surface area (Å²) in [7, 11) is 0. The second-order valence-electron chi connectivity index (χ2n) is 5.31. The summed E-state index contributed by atoms with van der Waals surface area (Å²) in [6, 6.07) is 6.26. The van der Waals surface area contributed by atoms with Gasteiger partial charge in [-0.05, 0) is 53.8 Å². The van der Waals surface area contributed by atoms with E-state index in [0.717, 1.165) is 35.2 Å². The van der Waals surface area contributed by atoms with Crippen molar-refractivity contribution in [3.63, 3.8) is 0 Å². The van der Waals surface area contributed by atoms with Gasteiger partial charge in [0.25, 0.3) is 0 Å². The van der Waals surface area contributed by atoms with Crippen LogP contribution in [0, 0.1) is 6.92 Å². The van der Waals surface area contributed by atoms with Crippen molar-refractivity contribution in [3.8, 4) is 5.75 Å². The van der Waals surface area contributed by atoms with E-state index >= 15 is 0 Å². The standard InChI is InChI=1S/C16H18BrN3O/c1-10-2-4-19-9-14(10)15(20-18)8-12-7-13(17)6-11-3-5-21-16(11)12/h2,4,6-7,9,15,20H,3,5,8,18H2,1H3. The van der Waals surface area contributed by atoms with Gasteiger partial charge in [-0.3, -0.25) is 16.3 Å². The zero-order valence-electron chi connectivity index (χ0n) is 11.9. The van der Waals surface area contributed by atoms with Gasteiger partial charge in [-0.1, -0.05) is 15.9 Å². The van der Waals surface area contributed by atoms with E-state index in [9.17, 15) is 0 Å². The maximum absolute atomic E-state index is 5.79. The van der Waals surface area contributed by atoms with Crippen molar-refractivity contribution in [2.45, 2.75) is 25.8 Å². The van der Waals surface area contributed by atoms with Crippen molar-refractivity contribution < 1.29 is 4.74 Å². The minimum Gasteiger partial charge on any atom is -0.493 e. The summed E-state index contributed by atoms with van der Waals surface area (Å²) in [6.07, 6.45) is 5.41. The number of halogens is 1. The highest BCUT2D eigenvalue weighted by Crippen LogP contribution is 2.35. The Hall–Kier alpha value is -1.43. The molecule has 1 aromatic heterocycles. The van der Waals surface area contributed by atoms with E-state index in [1.807, 2.05) is 12.3 Å². The first-order valence-electron chi connectivity index (χ1n) is 6.99. The summed E-state index contributed by atoms with van der Waals surface area (Å²) in [5, 5.41) is 0. The molecule has 3 rings (SSSR count). The third kappa shape index (κ3) is 2.95. The number of hydrogen-bond donors (Lipinski definition) is 2. The fourth-order valence-electron chi connectivity index (χ4n) is 2.82. The molecule has 0 saturated heterocycles. The molecule has 5 heteroatoms.